The van der Waals surface area contributed by atoms with Crippen molar-refractivity contribution in [3.8, 4) is 0 Å². The monoisotopic (exact) mass is 351 g/mol. The molecule has 0 amide bonds. The molecule has 2 aromatic rings. The van der Waals surface area contributed by atoms with Gasteiger partial charge in [-0.25, -0.2) is 4.98 Å². The maximum atomic E-state index is 12.4. The zero-order valence-electron chi connectivity index (χ0n) is 12.4. The zero-order valence-corrected chi connectivity index (χ0v) is 14.0. The molecule has 21 heavy (non-hydrogen) atoms. The fourth-order valence-electron chi connectivity index (χ4n) is 2.29. The van der Waals surface area contributed by atoms with E-state index in [0.717, 1.165) is 23.1 Å². The summed E-state index contributed by atoms with van der Waals surface area (Å²) in [4.78, 5) is 16.7. The van der Waals surface area contributed by atoms with Crippen LogP contribution in [0.5, 0.6) is 0 Å². The number of aromatic nitrogens is 2. The van der Waals surface area contributed by atoms with Crippen LogP contribution in [0.2, 0.25) is 0 Å². The second kappa shape index (κ2) is 8.29. The molecule has 1 heterocycles. The highest BCUT2D eigenvalue weighted by Crippen LogP contribution is 2.14. The molecule has 0 bridgehead atoms. The third-order valence-corrected chi connectivity index (χ3v) is 4.02. The van der Waals surface area contributed by atoms with E-state index >= 15 is 0 Å². The number of fused-ring (bicyclic) bond motifs is 1. The molecule has 0 unspecified atom stereocenters. The van der Waals surface area contributed by atoms with Crippen molar-refractivity contribution in [2.45, 2.75) is 39.2 Å². The van der Waals surface area contributed by atoms with Crippen LogP contribution in [0.3, 0.4) is 0 Å². The van der Waals surface area contributed by atoms with Crippen LogP contribution in [0, 0.1) is 0 Å². The molecule has 0 aliphatic rings. The van der Waals surface area contributed by atoms with Crippen molar-refractivity contribution in [3.63, 3.8) is 0 Å². The molecule has 1 aromatic carbocycles. The van der Waals surface area contributed by atoms with E-state index in [2.05, 4.69) is 33.2 Å². The molecule has 114 valence electrons. The van der Waals surface area contributed by atoms with Gasteiger partial charge < -0.3 is 5.32 Å². The lowest BCUT2D eigenvalue weighted by Gasteiger charge is -2.08. The fraction of sp³-hybridized carbons (Fsp3) is 0.500. The van der Waals surface area contributed by atoms with Gasteiger partial charge >= 0.3 is 0 Å². The standard InChI is InChI=1S/C16H22BrN3O/c1-2-3-4-5-8-18-9-10-20-12-19-15-7-6-13(17)11-14(15)16(20)21/h6-7,11-12,18H,2-5,8-10H2,1H3. The predicted octanol–water partition coefficient (Wildman–Crippen LogP) is 3.33. The molecule has 0 saturated carbocycles. The Hall–Kier alpha value is -1.20. The van der Waals surface area contributed by atoms with Gasteiger partial charge in [0.05, 0.1) is 17.2 Å². The van der Waals surface area contributed by atoms with Gasteiger partial charge in [0, 0.05) is 17.6 Å². The summed E-state index contributed by atoms with van der Waals surface area (Å²) in [6, 6.07) is 5.59. The number of unbranched alkanes of at least 4 members (excludes halogenated alkanes) is 3. The largest absolute Gasteiger partial charge is 0.315 e. The maximum absolute atomic E-state index is 12.4. The van der Waals surface area contributed by atoms with Gasteiger partial charge in [0.2, 0.25) is 0 Å². The SMILES string of the molecule is CCCCCCNCCn1cnc2ccc(Br)cc2c1=O. The third-order valence-electron chi connectivity index (χ3n) is 3.52. The Morgan fingerprint density at radius 2 is 2.10 bits per heavy atom. The van der Waals surface area contributed by atoms with Crippen LogP contribution in [0.25, 0.3) is 10.9 Å². The summed E-state index contributed by atoms with van der Waals surface area (Å²) in [5.41, 5.74) is 0.765. The van der Waals surface area contributed by atoms with E-state index in [4.69, 9.17) is 0 Å². The summed E-state index contributed by atoms with van der Waals surface area (Å²) >= 11 is 3.40. The molecule has 0 saturated heterocycles. The molecule has 0 aliphatic carbocycles. The van der Waals surface area contributed by atoms with Crippen LogP contribution in [0.15, 0.2) is 33.8 Å². The zero-order chi connectivity index (χ0) is 15.1. The van der Waals surface area contributed by atoms with E-state index in [-0.39, 0.29) is 5.56 Å². The number of hydrogen-bond acceptors (Lipinski definition) is 3. The Balaban J connectivity index is 1.91. The maximum Gasteiger partial charge on any atom is 0.261 e. The number of nitrogens with zero attached hydrogens (tertiary/aromatic N) is 2. The van der Waals surface area contributed by atoms with Gasteiger partial charge in [-0.05, 0) is 31.2 Å². The van der Waals surface area contributed by atoms with Gasteiger partial charge in [0.1, 0.15) is 0 Å². The van der Waals surface area contributed by atoms with E-state index in [1.807, 2.05) is 18.2 Å². The first kappa shape index (κ1) is 16.2. The Morgan fingerprint density at radius 1 is 1.24 bits per heavy atom. The van der Waals surface area contributed by atoms with Crippen LogP contribution in [0.1, 0.15) is 32.6 Å². The number of nitrogens with one attached hydrogen (secondary N) is 1. The molecule has 0 spiro atoms. The molecule has 0 aliphatic heterocycles. The Labute approximate surface area is 133 Å². The molecular weight excluding hydrogens is 330 g/mol. The average Bonchev–Trinajstić information content (AvgIpc) is 2.49. The molecule has 1 N–H and O–H groups in total. The molecule has 2 rings (SSSR count). The minimum atomic E-state index is 0.0223. The number of hydrogen-bond donors (Lipinski definition) is 1. The highest BCUT2D eigenvalue weighted by Gasteiger charge is 2.04. The first-order chi connectivity index (χ1) is 10.2. The van der Waals surface area contributed by atoms with Gasteiger partial charge in [-0.3, -0.25) is 9.36 Å². The Bertz CT molecular complexity index is 639. The van der Waals surface area contributed by atoms with Crippen molar-refractivity contribution >= 4 is 26.8 Å². The second-order valence-electron chi connectivity index (χ2n) is 5.22. The smallest absolute Gasteiger partial charge is 0.261 e. The molecule has 4 nitrogen and oxygen atoms in total. The lowest BCUT2D eigenvalue weighted by atomic mass is 10.2. The highest BCUT2D eigenvalue weighted by molar-refractivity contribution is 9.10. The second-order valence-corrected chi connectivity index (χ2v) is 6.13. The quantitative estimate of drug-likeness (QED) is 0.742. The van der Waals surface area contributed by atoms with Crippen molar-refractivity contribution in [3.05, 3.63) is 39.4 Å². The van der Waals surface area contributed by atoms with Crippen LogP contribution in [0.4, 0.5) is 0 Å². The van der Waals surface area contributed by atoms with E-state index in [1.165, 1.54) is 25.7 Å². The van der Waals surface area contributed by atoms with Gasteiger partial charge in [0.15, 0.2) is 0 Å². The number of rotatable bonds is 8. The average molecular weight is 352 g/mol. The summed E-state index contributed by atoms with van der Waals surface area (Å²) in [6.07, 6.45) is 6.66. The summed E-state index contributed by atoms with van der Waals surface area (Å²) < 4.78 is 2.58. The molecule has 0 atom stereocenters. The van der Waals surface area contributed by atoms with Gasteiger partial charge in [0.25, 0.3) is 5.56 Å². The topological polar surface area (TPSA) is 46.9 Å². The van der Waals surface area contributed by atoms with Gasteiger partial charge in [-0.15, -0.1) is 0 Å². The normalized spacial score (nSPS) is 11.1. The predicted molar refractivity (Wildman–Crippen MR) is 90.7 cm³/mol. The van der Waals surface area contributed by atoms with Gasteiger partial charge in [-0.2, -0.15) is 0 Å². The molecule has 0 fully saturated rings. The van der Waals surface area contributed by atoms with E-state index in [0.29, 0.717) is 11.9 Å². The van der Waals surface area contributed by atoms with Crippen molar-refractivity contribution in [1.29, 1.82) is 0 Å². The molecular formula is C16H22BrN3O. The van der Waals surface area contributed by atoms with Crippen LogP contribution >= 0.6 is 15.9 Å². The summed E-state index contributed by atoms with van der Waals surface area (Å²) in [6.45, 7) is 4.68. The Morgan fingerprint density at radius 3 is 2.90 bits per heavy atom. The number of benzene rings is 1. The molecule has 0 radical (unpaired) electrons. The van der Waals surface area contributed by atoms with Crippen LogP contribution in [-0.2, 0) is 6.54 Å². The summed E-state index contributed by atoms with van der Waals surface area (Å²) in [7, 11) is 0. The van der Waals surface area contributed by atoms with Gasteiger partial charge in [-0.1, -0.05) is 42.1 Å². The lowest BCUT2D eigenvalue weighted by molar-refractivity contribution is 0.552. The minimum Gasteiger partial charge on any atom is -0.315 e. The first-order valence-electron chi connectivity index (χ1n) is 7.58. The van der Waals surface area contributed by atoms with Crippen molar-refractivity contribution in [2.75, 3.05) is 13.1 Å². The molecule has 1 aromatic heterocycles. The third kappa shape index (κ3) is 4.64. The fourth-order valence-corrected chi connectivity index (χ4v) is 2.65. The van der Waals surface area contributed by atoms with Crippen LogP contribution in [-0.4, -0.2) is 22.6 Å². The van der Waals surface area contributed by atoms with Crippen molar-refractivity contribution in [1.82, 2.24) is 14.9 Å². The van der Waals surface area contributed by atoms with E-state index in [9.17, 15) is 4.79 Å². The molecule has 5 heteroatoms. The van der Waals surface area contributed by atoms with Crippen LogP contribution < -0.4 is 10.9 Å². The summed E-state index contributed by atoms with van der Waals surface area (Å²) in [5.74, 6) is 0. The summed E-state index contributed by atoms with van der Waals surface area (Å²) in [5, 5.41) is 4.04. The highest BCUT2D eigenvalue weighted by atomic mass is 79.9. The van der Waals surface area contributed by atoms with Crippen molar-refractivity contribution in [2.24, 2.45) is 0 Å². The van der Waals surface area contributed by atoms with E-state index in [1.54, 1.807) is 10.9 Å². The minimum absolute atomic E-state index is 0.0223. The van der Waals surface area contributed by atoms with E-state index < -0.39 is 0 Å². The number of halogens is 1. The first-order valence-corrected chi connectivity index (χ1v) is 8.37. The van der Waals surface area contributed by atoms with Crippen molar-refractivity contribution < 1.29 is 0 Å². The lowest BCUT2D eigenvalue weighted by Crippen LogP contribution is -2.27. The Kier molecular flexibility index (Phi) is 6.39.